The highest BCUT2D eigenvalue weighted by Gasteiger charge is 2.13. The summed E-state index contributed by atoms with van der Waals surface area (Å²) in [6.45, 7) is 0.599. The number of benzene rings is 1. The van der Waals surface area contributed by atoms with E-state index in [0.29, 0.717) is 23.8 Å². The number of nitrogens with zero attached hydrogens (tertiary/aromatic N) is 3. The number of aromatic nitrogens is 3. The zero-order valence-electron chi connectivity index (χ0n) is 12.0. The van der Waals surface area contributed by atoms with Gasteiger partial charge in [0.25, 0.3) is 0 Å². The maximum atomic E-state index is 5.31. The topological polar surface area (TPSA) is 70.4 Å². The Morgan fingerprint density at radius 1 is 1.10 bits per heavy atom. The SMILES string of the molecule is COc1cc(NCc2cnnn2C)cc(OC)c1OC. The van der Waals surface area contributed by atoms with E-state index in [2.05, 4.69) is 15.6 Å². The molecule has 0 amide bonds. The Morgan fingerprint density at radius 3 is 2.20 bits per heavy atom. The number of hydrogen-bond acceptors (Lipinski definition) is 6. The Hall–Kier alpha value is -2.44. The molecule has 0 bridgehead atoms. The van der Waals surface area contributed by atoms with Gasteiger partial charge in [0.2, 0.25) is 5.75 Å². The van der Waals surface area contributed by atoms with Crippen LogP contribution in [-0.4, -0.2) is 36.3 Å². The van der Waals surface area contributed by atoms with Gasteiger partial charge in [0.15, 0.2) is 11.5 Å². The molecule has 0 saturated carbocycles. The molecule has 0 unspecified atom stereocenters. The number of hydrogen-bond donors (Lipinski definition) is 1. The molecule has 108 valence electrons. The van der Waals surface area contributed by atoms with Crippen molar-refractivity contribution >= 4 is 5.69 Å². The van der Waals surface area contributed by atoms with Gasteiger partial charge in [0.1, 0.15) is 0 Å². The van der Waals surface area contributed by atoms with E-state index < -0.39 is 0 Å². The molecule has 1 N–H and O–H groups in total. The molecule has 0 atom stereocenters. The van der Waals surface area contributed by atoms with Crippen LogP contribution in [0.15, 0.2) is 18.3 Å². The van der Waals surface area contributed by atoms with E-state index in [9.17, 15) is 0 Å². The van der Waals surface area contributed by atoms with Gasteiger partial charge in [-0.05, 0) is 0 Å². The molecule has 1 aromatic heterocycles. The second-order valence-electron chi connectivity index (χ2n) is 4.12. The van der Waals surface area contributed by atoms with Gasteiger partial charge in [-0.25, -0.2) is 0 Å². The monoisotopic (exact) mass is 278 g/mol. The predicted octanol–water partition coefficient (Wildman–Crippen LogP) is 1.45. The third kappa shape index (κ3) is 2.76. The lowest BCUT2D eigenvalue weighted by atomic mass is 10.2. The highest BCUT2D eigenvalue weighted by molar-refractivity contribution is 5.62. The van der Waals surface area contributed by atoms with Crippen LogP contribution in [0.3, 0.4) is 0 Å². The van der Waals surface area contributed by atoms with Crippen molar-refractivity contribution in [3.63, 3.8) is 0 Å². The molecule has 7 heteroatoms. The van der Waals surface area contributed by atoms with Gasteiger partial charge in [-0.1, -0.05) is 5.21 Å². The van der Waals surface area contributed by atoms with Crippen LogP contribution in [0.5, 0.6) is 17.2 Å². The number of nitrogens with one attached hydrogen (secondary N) is 1. The first-order valence-corrected chi connectivity index (χ1v) is 6.07. The van der Waals surface area contributed by atoms with Crippen LogP contribution in [0.4, 0.5) is 5.69 Å². The molecule has 0 fully saturated rings. The molecular weight excluding hydrogens is 260 g/mol. The molecule has 1 heterocycles. The van der Waals surface area contributed by atoms with Crippen molar-refractivity contribution in [1.82, 2.24) is 15.0 Å². The molecule has 0 aliphatic heterocycles. The summed E-state index contributed by atoms with van der Waals surface area (Å²) in [4.78, 5) is 0. The minimum atomic E-state index is 0.572. The number of anilines is 1. The summed E-state index contributed by atoms with van der Waals surface area (Å²) >= 11 is 0. The van der Waals surface area contributed by atoms with Crippen LogP contribution in [0, 0.1) is 0 Å². The van der Waals surface area contributed by atoms with E-state index in [1.165, 1.54) is 0 Å². The fourth-order valence-electron chi connectivity index (χ4n) is 1.85. The standard InChI is InChI=1S/C13H18N4O3/c1-17-10(8-15-16-17)7-14-9-5-11(18-2)13(20-4)12(6-9)19-3/h5-6,8,14H,7H2,1-4H3. The Morgan fingerprint density at radius 2 is 1.75 bits per heavy atom. The lowest BCUT2D eigenvalue weighted by Gasteiger charge is -2.15. The zero-order chi connectivity index (χ0) is 14.5. The number of ether oxygens (including phenoxy) is 3. The predicted molar refractivity (Wildman–Crippen MR) is 74.4 cm³/mol. The van der Waals surface area contributed by atoms with Crippen molar-refractivity contribution in [2.45, 2.75) is 6.54 Å². The van der Waals surface area contributed by atoms with Crippen molar-refractivity contribution in [2.24, 2.45) is 7.05 Å². The van der Waals surface area contributed by atoms with Crippen LogP contribution in [0.1, 0.15) is 5.69 Å². The zero-order valence-corrected chi connectivity index (χ0v) is 12.0. The highest BCUT2D eigenvalue weighted by Crippen LogP contribution is 2.39. The van der Waals surface area contributed by atoms with Crippen LogP contribution in [-0.2, 0) is 13.6 Å². The summed E-state index contributed by atoms with van der Waals surface area (Å²) in [6, 6.07) is 3.70. The molecular formula is C13H18N4O3. The lowest BCUT2D eigenvalue weighted by molar-refractivity contribution is 0.324. The Balaban J connectivity index is 2.21. The van der Waals surface area contributed by atoms with E-state index >= 15 is 0 Å². The molecule has 2 rings (SSSR count). The summed E-state index contributed by atoms with van der Waals surface area (Å²) in [5, 5.41) is 11.0. The summed E-state index contributed by atoms with van der Waals surface area (Å²) in [6.07, 6.45) is 1.71. The average molecular weight is 278 g/mol. The summed E-state index contributed by atoms with van der Waals surface area (Å²) in [5.74, 6) is 1.79. The van der Waals surface area contributed by atoms with Crippen LogP contribution >= 0.6 is 0 Å². The van der Waals surface area contributed by atoms with E-state index in [1.54, 1.807) is 32.2 Å². The molecule has 2 aromatic rings. The molecule has 7 nitrogen and oxygen atoms in total. The number of aryl methyl sites for hydroxylation is 1. The maximum absolute atomic E-state index is 5.31. The first-order chi connectivity index (χ1) is 9.69. The van der Waals surface area contributed by atoms with Crippen molar-refractivity contribution in [2.75, 3.05) is 26.6 Å². The lowest BCUT2D eigenvalue weighted by Crippen LogP contribution is -2.06. The highest BCUT2D eigenvalue weighted by atomic mass is 16.5. The van der Waals surface area contributed by atoms with Crippen molar-refractivity contribution in [3.8, 4) is 17.2 Å². The molecule has 0 aliphatic rings. The molecule has 1 aromatic carbocycles. The van der Waals surface area contributed by atoms with E-state index in [4.69, 9.17) is 14.2 Å². The van der Waals surface area contributed by atoms with Gasteiger partial charge >= 0.3 is 0 Å². The number of rotatable bonds is 6. The van der Waals surface area contributed by atoms with Gasteiger partial charge in [-0.2, -0.15) is 0 Å². The Kier molecular flexibility index (Phi) is 4.29. The fourth-order valence-corrected chi connectivity index (χ4v) is 1.85. The first-order valence-electron chi connectivity index (χ1n) is 6.07. The second kappa shape index (κ2) is 6.14. The van der Waals surface area contributed by atoms with Crippen molar-refractivity contribution < 1.29 is 14.2 Å². The minimum Gasteiger partial charge on any atom is -0.493 e. The maximum Gasteiger partial charge on any atom is 0.203 e. The van der Waals surface area contributed by atoms with Gasteiger partial charge in [0, 0.05) is 24.9 Å². The average Bonchev–Trinajstić information content (AvgIpc) is 2.89. The summed E-state index contributed by atoms with van der Waals surface area (Å²) < 4.78 is 17.6. The normalized spacial score (nSPS) is 10.2. The minimum absolute atomic E-state index is 0.572. The largest absolute Gasteiger partial charge is 0.493 e. The second-order valence-corrected chi connectivity index (χ2v) is 4.12. The van der Waals surface area contributed by atoms with Crippen molar-refractivity contribution in [3.05, 3.63) is 24.0 Å². The quantitative estimate of drug-likeness (QED) is 0.862. The fraction of sp³-hybridized carbons (Fsp3) is 0.385. The van der Waals surface area contributed by atoms with E-state index in [0.717, 1.165) is 11.4 Å². The molecule has 0 saturated heterocycles. The molecule has 0 spiro atoms. The van der Waals surface area contributed by atoms with Crippen molar-refractivity contribution in [1.29, 1.82) is 0 Å². The van der Waals surface area contributed by atoms with Gasteiger partial charge in [-0.3, -0.25) is 4.68 Å². The number of methoxy groups -OCH3 is 3. The third-order valence-electron chi connectivity index (χ3n) is 2.95. The van der Waals surface area contributed by atoms with Crippen LogP contribution < -0.4 is 19.5 Å². The van der Waals surface area contributed by atoms with Crippen LogP contribution in [0.25, 0.3) is 0 Å². The van der Waals surface area contributed by atoms with Gasteiger partial charge < -0.3 is 19.5 Å². The first kappa shape index (κ1) is 14.0. The van der Waals surface area contributed by atoms with E-state index in [1.807, 2.05) is 19.2 Å². The van der Waals surface area contributed by atoms with Gasteiger partial charge in [-0.15, -0.1) is 5.10 Å². The Bertz CT molecular complexity index is 558. The summed E-state index contributed by atoms with van der Waals surface area (Å²) in [5.41, 5.74) is 1.83. The van der Waals surface area contributed by atoms with Gasteiger partial charge in [0.05, 0.1) is 39.8 Å². The molecule has 20 heavy (non-hydrogen) atoms. The summed E-state index contributed by atoms with van der Waals surface area (Å²) in [7, 11) is 6.60. The Labute approximate surface area is 117 Å². The smallest absolute Gasteiger partial charge is 0.203 e. The molecule has 0 aliphatic carbocycles. The van der Waals surface area contributed by atoms with E-state index in [-0.39, 0.29) is 0 Å². The third-order valence-corrected chi connectivity index (χ3v) is 2.95. The van der Waals surface area contributed by atoms with Crippen LogP contribution in [0.2, 0.25) is 0 Å². The molecule has 0 radical (unpaired) electrons.